The van der Waals surface area contributed by atoms with Crippen molar-refractivity contribution < 1.29 is 8.42 Å². The van der Waals surface area contributed by atoms with Gasteiger partial charge in [-0.2, -0.15) is 0 Å². The summed E-state index contributed by atoms with van der Waals surface area (Å²) in [5.41, 5.74) is 6.25. The Morgan fingerprint density at radius 1 is 1.04 bits per heavy atom. The first-order valence-corrected chi connectivity index (χ1v) is 9.98. The van der Waals surface area contributed by atoms with Gasteiger partial charge in [0.1, 0.15) is 5.82 Å². The molecular weight excluding hydrogens is 332 g/mol. The first-order valence-electron chi connectivity index (χ1n) is 8.26. The number of sulfone groups is 1. The first kappa shape index (κ1) is 14.7. The molecule has 5 rings (SSSR count). The minimum atomic E-state index is -3.10. The summed E-state index contributed by atoms with van der Waals surface area (Å²) in [4.78, 5) is 4.49. The quantitative estimate of drug-likeness (QED) is 0.556. The molecule has 1 aromatic heterocycles. The molecule has 0 fully saturated rings. The lowest BCUT2D eigenvalue weighted by Crippen LogP contribution is -2.12. The molecule has 0 N–H and O–H groups in total. The topological polar surface area (TPSA) is 52.0 Å². The Hall–Kier alpha value is -2.66. The molecule has 124 valence electrons. The van der Waals surface area contributed by atoms with E-state index in [4.69, 9.17) is 0 Å². The molecule has 1 aliphatic heterocycles. The van der Waals surface area contributed by atoms with E-state index >= 15 is 0 Å². The number of hydrogen-bond donors (Lipinski definition) is 0. The standard InChI is InChI=1S/C20H16N2O2S/c23-25(24)10-7-17(13-25)22-9-8-21-20(22)15-5-6-19-16(12-15)11-14-3-1-2-4-18(14)19/h1-10,12,17H,11,13H2/t17-/m1/s1. The van der Waals surface area contributed by atoms with Gasteiger partial charge >= 0.3 is 0 Å². The van der Waals surface area contributed by atoms with E-state index in [1.165, 1.54) is 27.7 Å². The zero-order valence-corrected chi connectivity index (χ0v) is 14.3. The van der Waals surface area contributed by atoms with Gasteiger partial charge in [-0.05, 0) is 40.8 Å². The molecular formula is C20H16N2O2S. The molecule has 2 heterocycles. The van der Waals surface area contributed by atoms with E-state index in [2.05, 4.69) is 47.4 Å². The molecule has 2 aromatic carbocycles. The molecule has 2 aliphatic rings. The van der Waals surface area contributed by atoms with Gasteiger partial charge in [-0.1, -0.05) is 36.4 Å². The van der Waals surface area contributed by atoms with Crippen molar-refractivity contribution in [3.05, 3.63) is 77.5 Å². The average Bonchev–Trinajstić information content (AvgIpc) is 3.29. The predicted molar refractivity (Wildman–Crippen MR) is 97.9 cm³/mol. The largest absolute Gasteiger partial charge is 0.323 e. The van der Waals surface area contributed by atoms with Crippen LogP contribution in [0.15, 0.2) is 66.3 Å². The van der Waals surface area contributed by atoms with Crippen LogP contribution < -0.4 is 0 Å². The minimum Gasteiger partial charge on any atom is -0.323 e. The van der Waals surface area contributed by atoms with Gasteiger partial charge in [-0.3, -0.25) is 0 Å². The number of imidazole rings is 1. The van der Waals surface area contributed by atoms with Crippen LogP contribution in [0.3, 0.4) is 0 Å². The maximum atomic E-state index is 11.7. The molecule has 0 saturated heterocycles. The number of fused-ring (bicyclic) bond motifs is 3. The second-order valence-electron chi connectivity index (χ2n) is 6.59. The van der Waals surface area contributed by atoms with E-state index in [1.807, 2.05) is 10.8 Å². The van der Waals surface area contributed by atoms with Crippen LogP contribution in [0.2, 0.25) is 0 Å². The Morgan fingerprint density at radius 2 is 1.88 bits per heavy atom. The number of allylic oxidation sites excluding steroid dienone is 1. The summed E-state index contributed by atoms with van der Waals surface area (Å²) in [7, 11) is -3.10. The van der Waals surface area contributed by atoms with Crippen LogP contribution in [0.1, 0.15) is 17.2 Å². The maximum Gasteiger partial charge on any atom is 0.173 e. The van der Waals surface area contributed by atoms with Crippen LogP contribution in [0.5, 0.6) is 0 Å². The number of aromatic nitrogens is 2. The van der Waals surface area contributed by atoms with E-state index in [0.717, 1.165) is 17.8 Å². The third-order valence-corrected chi connectivity index (χ3v) is 6.37. The summed E-state index contributed by atoms with van der Waals surface area (Å²) in [6.07, 6.45) is 6.25. The van der Waals surface area contributed by atoms with Crippen molar-refractivity contribution in [2.24, 2.45) is 0 Å². The van der Waals surface area contributed by atoms with Gasteiger partial charge in [0.2, 0.25) is 0 Å². The highest BCUT2D eigenvalue weighted by Gasteiger charge is 2.25. The fourth-order valence-corrected chi connectivity index (χ4v) is 5.10. The molecule has 0 spiro atoms. The van der Waals surface area contributed by atoms with Crippen LogP contribution >= 0.6 is 0 Å². The zero-order chi connectivity index (χ0) is 17.0. The number of benzene rings is 2. The fraction of sp³-hybridized carbons (Fsp3) is 0.150. The molecule has 4 nitrogen and oxygen atoms in total. The van der Waals surface area contributed by atoms with Crippen LogP contribution in [0, 0.1) is 0 Å². The predicted octanol–water partition coefficient (Wildman–Crippen LogP) is 3.60. The second-order valence-corrected chi connectivity index (χ2v) is 8.52. The molecule has 1 atom stereocenters. The molecule has 0 saturated carbocycles. The summed E-state index contributed by atoms with van der Waals surface area (Å²) in [5.74, 6) is 0.915. The van der Waals surface area contributed by atoms with E-state index < -0.39 is 9.84 Å². The molecule has 0 amide bonds. The zero-order valence-electron chi connectivity index (χ0n) is 13.5. The third kappa shape index (κ3) is 2.35. The van der Waals surface area contributed by atoms with Crippen LogP contribution in [-0.2, 0) is 16.3 Å². The summed E-state index contributed by atoms with van der Waals surface area (Å²) in [6.45, 7) is 0. The summed E-state index contributed by atoms with van der Waals surface area (Å²) in [6, 6.07) is 14.7. The van der Waals surface area contributed by atoms with Crippen molar-refractivity contribution >= 4 is 9.84 Å². The number of rotatable bonds is 2. The van der Waals surface area contributed by atoms with Gasteiger partial charge in [0.25, 0.3) is 0 Å². The highest BCUT2D eigenvalue weighted by atomic mass is 32.2. The normalized spacial score (nSPS) is 19.8. The lowest BCUT2D eigenvalue weighted by Gasteiger charge is -2.13. The van der Waals surface area contributed by atoms with Gasteiger partial charge < -0.3 is 4.57 Å². The Balaban J connectivity index is 1.56. The summed E-state index contributed by atoms with van der Waals surface area (Å²) < 4.78 is 25.4. The molecule has 1 aliphatic carbocycles. The molecule has 3 aromatic rings. The Morgan fingerprint density at radius 3 is 2.72 bits per heavy atom. The summed E-state index contributed by atoms with van der Waals surface area (Å²) in [5, 5.41) is 1.31. The average molecular weight is 348 g/mol. The second kappa shape index (κ2) is 5.17. The molecule has 0 bridgehead atoms. The minimum absolute atomic E-state index is 0.104. The SMILES string of the molecule is O=S1(=O)C=C[C@@H](n2ccnc2-c2ccc3c(c2)Cc2ccccc2-3)C1. The third-order valence-electron chi connectivity index (χ3n) is 4.99. The fourth-order valence-electron chi connectivity index (χ4n) is 3.82. The first-order chi connectivity index (χ1) is 12.1. The monoisotopic (exact) mass is 348 g/mol. The van der Waals surface area contributed by atoms with Crippen molar-refractivity contribution in [1.82, 2.24) is 9.55 Å². The van der Waals surface area contributed by atoms with Crippen LogP contribution in [-0.4, -0.2) is 23.7 Å². The van der Waals surface area contributed by atoms with Gasteiger partial charge in [0, 0.05) is 23.4 Å². The van der Waals surface area contributed by atoms with E-state index in [9.17, 15) is 8.42 Å². The highest BCUT2D eigenvalue weighted by molar-refractivity contribution is 7.94. The van der Waals surface area contributed by atoms with E-state index in [1.54, 1.807) is 12.3 Å². The number of hydrogen-bond acceptors (Lipinski definition) is 3. The van der Waals surface area contributed by atoms with Crippen molar-refractivity contribution in [1.29, 1.82) is 0 Å². The maximum absolute atomic E-state index is 11.7. The lowest BCUT2D eigenvalue weighted by atomic mass is 10.0. The number of nitrogens with zero attached hydrogens (tertiary/aromatic N) is 2. The Kier molecular flexibility index (Phi) is 3.03. The molecule has 5 heteroatoms. The van der Waals surface area contributed by atoms with E-state index in [0.29, 0.717) is 0 Å². The Bertz CT molecular complexity index is 1130. The molecule has 0 radical (unpaired) electrons. The van der Waals surface area contributed by atoms with E-state index in [-0.39, 0.29) is 11.8 Å². The summed E-state index contributed by atoms with van der Waals surface area (Å²) >= 11 is 0. The van der Waals surface area contributed by atoms with Gasteiger partial charge in [0.05, 0.1) is 11.8 Å². The smallest absolute Gasteiger partial charge is 0.173 e. The van der Waals surface area contributed by atoms with Gasteiger partial charge in [0.15, 0.2) is 9.84 Å². The van der Waals surface area contributed by atoms with Crippen molar-refractivity contribution in [3.63, 3.8) is 0 Å². The van der Waals surface area contributed by atoms with Gasteiger partial charge in [-0.15, -0.1) is 0 Å². The molecule has 0 unspecified atom stereocenters. The Labute approximate surface area is 146 Å². The van der Waals surface area contributed by atoms with Crippen molar-refractivity contribution in [2.45, 2.75) is 12.5 Å². The van der Waals surface area contributed by atoms with Crippen molar-refractivity contribution in [2.75, 3.05) is 5.75 Å². The molecule has 25 heavy (non-hydrogen) atoms. The lowest BCUT2D eigenvalue weighted by molar-refractivity contribution is 0.593. The van der Waals surface area contributed by atoms with Crippen LogP contribution in [0.25, 0.3) is 22.5 Å². The van der Waals surface area contributed by atoms with Crippen molar-refractivity contribution in [3.8, 4) is 22.5 Å². The highest BCUT2D eigenvalue weighted by Crippen LogP contribution is 2.38. The van der Waals surface area contributed by atoms with Crippen LogP contribution in [0.4, 0.5) is 0 Å². The van der Waals surface area contributed by atoms with Gasteiger partial charge in [-0.25, -0.2) is 13.4 Å².